The minimum absolute atomic E-state index is 0.0779. The zero-order valence-corrected chi connectivity index (χ0v) is 18.2. The average molecular weight is 417 g/mol. The lowest BCUT2D eigenvalue weighted by Crippen LogP contribution is -2.24. The van der Waals surface area contributed by atoms with E-state index >= 15 is 0 Å². The minimum atomic E-state index is -0.326. The lowest BCUT2D eigenvalue weighted by atomic mass is 9.87. The molecule has 0 atom stereocenters. The monoisotopic (exact) mass is 416 g/mol. The van der Waals surface area contributed by atoms with Crippen LogP contribution in [0.15, 0.2) is 84.0 Å². The quantitative estimate of drug-likeness (QED) is 0.411. The first-order chi connectivity index (χ1) is 14.9. The fraction of sp³-hybridized carbons (Fsp3) is 0.231. The van der Waals surface area contributed by atoms with Gasteiger partial charge in [-0.1, -0.05) is 75.4 Å². The number of hydrogen-bond donors (Lipinski definition) is 1. The molecule has 5 nitrogen and oxygen atoms in total. The van der Waals surface area contributed by atoms with E-state index in [0.29, 0.717) is 12.4 Å². The predicted molar refractivity (Wildman–Crippen MR) is 124 cm³/mol. The Kier molecular flexibility index (Phi) is 7.44. The van der Waals surface area contributed by atoms with Gasteiger partial charge in [-0.15, -0.1) is 0 Å². The van der Waals surface area contributed by atoms with E-state index in [1.807, 2.05) is 78.9 Å². The Morgan fingerprint density at radius 1 is 0.903 bits per heavy atom. The van der Waals surface area contributed by atoms with Gasteiger partial charge in [-0.25, -0.2) is 5.43 Å². The van der Waals surface area contributed by atoms with E-state index in [0.717, 1.165) is 16.9 Å². The lowest BCUT2D eigenvalue weighted by molar-refractivity contribution is -0.123. The summed E-state index contributed by atoms with van der Waals surface area (Å²) in [6.45, 7) is 6.84. The van der Waals surface area contributed by atoms with Crippen molar-refractivity contribution in [3.63, 3.8) is 0 Å². The fourth-order valence-corrected chi connectivity index (χ4v) is 2.84. The largest absolute Gasteiger partial charge is 0.489 e. The lowest BCUT2D eigenvalue weighted by Gasteiger charge is -2.19. The molecule has 0 saturated carbocycles. The molecule has 160 valence electrons. The highest BCUT2D eigenvalue weighted by Crippen LogP contribution is 2.24. The zero-order valence-electron chi connectivity index (χ0n) is 18.2. The summed E-state index contributed by atoms with van der Waals surface area (Å²) < 4.78 is 11.3. The molecular weight excluding hydrogens is 388 g/mol. The molecule has 3 rings (SSSR count). The van der Waals surface area contributed by atoms with Crippen LogP contribution < -0.4 is 14.9 Å². The maximum absolute atomic E-state index is 12.0. The Morgan fingerprint density at radius 3 is 2.35 bits per heavy atom. The summed E-state index contributed by atoms with van der Waals surface area (Å²) >= 11 is 0. The van der Waals surface area contributed by atoms with E-state index < -0.39 is 0 Å². The number of nitrogens with zero attached hydrogens (tertiary/aromatic N) is 1. The van der Waals surface area contributed by atoms with Crippen molar-refractivity contribution in [2.45, 2.75) is 32.8 Å². The topological polar surface area (TPSA) is 59.9 Å². The molecule has 3 aromatic rings. The number of carbonyl (C=O) groups is 1. The van der Waals surface area contributed by atoms with E-state index in [9.17, 15) is 4.79 Å². The first-order valence-electron chi connectivity index (χ1n) is 10.2. The molecule has 0 aliphatic rings. The number of benzene rings is 3. The molecule has 1 amide bonds. The van der Waals surface area contributed by atoms with Crippen LogP contribution >= 0.6 is 0 Å². The van der Waals surface area contributed by atoms with Crippen molar-refractivity contribution in [2.24, 2.45) is 5.10 Å². The third kappa shape index (κ3) is 7.30. The molecule has 0 spiro atoms. The summed E-state index contributed by atoms with van der Waals surface area (Å²) in [5.74, 6) is 1.06. The molecule has 0 fully saturated rings. The van der Waals surface area contributed by atoms with Gasteiger partial charge in [0.25, 0.3) is 5.91 Å². The van der Waals surface area contributed by atoms with Gasteiger partial charge in [0.05, 0.1) is 6.21 Å². The van der Waals surface area contributed by atoms with Crippen LogP contribution in [0.2, 0.25) is 0 Å². The van der Waals surface area contributed by atoms with Crippen LogP contribution in [0.5, 0.6) is 11.5 Å². The third-order valence-electron chi connectivity index (χ3n) is 4.60. The highest BCUT2D eigenvalue weighted by Gasteiger charge is 2.13. The zero-order chi connectivity index (χ0) is 22.1. The van der Waals surface area contributed by atoms with Crippen molar-refractivity contribution >= 4 is 12.1 Å². The molecule has 0 bridgehead atoms. The van der Waals surface area contributed by atoms with Gasteiger partial charge in [-0.05, 0) is 46.4 Å². The van der Waals surface area contributed by atoms with Crippen LogP contribution in [0.1, 0.15) is 37.5 Å². The second-order valence-corrected chi connectivity index (χ2v) is 8.20. The van der Waals surface area contributed by atoms with E-state index in [1.54, 1.807) is 6.21 Å². The van der Waals surface area contributed by atoms with Gasteiger partial charge in [-0.3, -0.25) is 4.79 Å². The molecule has 1 N–H and O–H groups in total. The molecule has 5 heteroatoms. The Bertz CT molecular complexity index is 1010. The predicted octanol–water partition coefficient (Wildman–Crippen LogP) is 5.09. The van der Waals surface area contributed by atoms with Gasteiger partial charge in [0, 0.05) is 0 Å². The average Bonchev–Trinajstić information content (AvgIpc) is 2.77. The SMILES string of the molecule is CC(C)(C)c1ccc(OCC(=O)N/N=C/c2cccc(OCc3ccccc3)c2)cc1. The van der Waals surface area contributed by atoms with Gasteiger partial charge in [0.15, 0.2) is 6.61 Å². The molecule has 0 aliphatic carbocycles. The number of rotatable bonds is 8. The number of nitrogens with one attached hydrogen (secondary N) is 1. The van der Waals surface area contributed by atoms with Crippen LogP contribution in [0.4, 0.5) is 0 Å². The van der Waals surface area contributed by atoms with Crippen molar-refractivity contribution in [1.82, 2.24) is 5.43 Å². The number of hydrogen-bond acceptors (Lipinski definition) is 4. The van der Waals surface area contributed by atoms with E-state index in [1.165, 1.54) is 5.56 Å². The molecule has 31 heavy (non-hydrogen) atoms. The van der Waals surface area contributed by atoms with E-state index in [4.69, 9.17) is 9.47 Å². The highest BCUT2D eigenvalue weighted by molar-refractivity contribution is 5.83. The summed E-state index contributed by atoms with van der Waals surface area (Å²) in [7, 11) is 0. The van der Waals surface area contributed by atoms with Crippen LogP contribution in [-0.4, -0.2) is 18.7 Å². The van der Waals surface area contributed by atoms with Crippen molar-refractivity contribution in [2.75, 3.05) is 6.61 Å². The Hall–Kier alpha value is -3.60. The molecule has 0 saturated heterocycles. The van der Waals surface area contributed by atoms with E-state index in [2.05, 4.69) is 31.3 Å². The summed E-state index contributed by atoms with van der Waals surface area (Å²) in [6, 6.07) is 25.3. The number of carbonyl (C=O) groups excluding carboxylic acids is 1. The smallest absolute Gasteiger partial charge is 0.277 e. The van der Waals surface area contributed by atoms with Crippen molar-refractivity contribution in [3.8, 4) is 11.5 Å². The Balaban J connectivity index is 1.45. The van der Waals surface area contributed by atoms with Gasteiger partial charge in [0.1, 0.15) is 18.1 Å². The second-order valence-electron chi connectivity index (χ2n) is 8.20. The number of hydrazone groups is 1. The maximum Gasteiger partial charge on any atom is 0.277 e. The van der Waals surface area contributed by atoms with Crippen LogP contribution in [0.3, 0.4) is 0 Å². The number of ether oxygens (including phenoxy) is 2. The van der Waals surface area contributed by atoms with Gasteiger partial charge in [-0.2, -0.15) is 5.10 Å². The molecule has 0 aromatic heterocycles. The Morgan fingerprint density at radius 2 is 1.65 bits per heavy atom. The van der Waals surface area contributed by atoms with Crippen LogP contribution in [0, 0.1) is 0 Å². The highest BCUT2D eigenvalue weighted by atomic mass is 16.5. The summed E-state index contributed by atoms with van der Waals surface area (Å²) in [4.78, 5) is 12.0. The third-order valence-corrected chi connectivity index (χ3v) is 4.60. The summed E-state index contributed by atoms with van der Waals surface area (Å²) in [5, 5.41) is 4.00. The molecule has 0 heterocycles. The van der Waals surface area contributed by atoms with Crippen LogP contribution in [-0.2, 0) is 16.8 Å². The van der Waals surface area contributed by atoms with Crippen molar-refractivity contribution in [3.05, 3.63) is 95.6 Å². The summed E-state index contributed by atoms with van der Waals surface area (Å²) in [6.07, 6.45) is 1.57. The van der Waals surface area contributed by atoms with Crippen molar-refractivity contribution < 1.29 is 14.3 Å². The maximum atomic E-state index is 12.0. The summed E-state index contributed by atoms with van der Waals surface area (Å²) in [5.41, 5.74) is 5.69. The van der Waals surface area contributed by atoms with Gasteiger partial charge in [0.2, 0.25) is 0 Å². The normalized spacial score (nSPS) is 11.3. The molecule has 0 unspecified atom stereocenters. The standard InChI is InChI=1S/C26H28N2O3/c1-26(2,3)22-12-14-23(15-13-22)31-19-25(29)28-27-17-21-10-7-11-24(16-21)30-18-20-8-5-4-6-9-20/h4-17H,18-19H2,1-3H3,(H,28,29)/b27-17+. The molecule has 0 radical (unpaired) electrons. The van der Waals surface area contributed by atoms with Crippen molar-refractivity contribution in [1.29, 1.82) is 0 Å². The Labute approximate surface area is 183 Å². The van der Waals surface area contributed by atoms with Gasteiger partial charge < -0.3 is 9.47 Å². The molecular formula is C26H28N2O3. The first-order valence-corrected chi connectivity index (χ1v) is 10.2. The molecule has 0 aliphatic heterocycles. The van der Waals surface area contributed by atoms with Gasteiger partial charge >= 0.3 is 0 Å². The van der Waals surface area contributed by atoms with Crippen LogP contribution in [0.25, 0.3) is 0 Å². The van der Waals surface area contributed by atoms with E-state index in [-0.39, 0.29) is 17.9 Å². The second kappa shape index (κ2) is 10.4. The minimum Gasteiger partial charge on any atom is -0.489 e. The number of amides is 1. The fourth-order valence-electron chi connectivity index (χ4n) is 2.84. The molecule has 3 aromatic carbocycles. The first kappa shape index (κ1) is 22.1.